The van der Waals surface area contributed by atoms with Gasteiger partial charge in [0.2, 0.25) is 11.8 Å². The SMILES string of the molecule is CC(=O)NCCNC(=O)CNC(=O)OC(C)(C)C. The van der Waals surface area contributed by atoms with E-state index in [0.717, 1.165) is 0 Å². The van der Waals surface area contributed by atoms with E-state index >= 15 is 0 Å². The first-order valence-corrected chi connectivity index (χ1v) is 5.68. The summed E-state index contributed by atoms with van der Waals surface area (Å²) in [6.07, 6.45) is -0.639. The van der Waals surface area contributed by atoms with Gasteiger partial charge in [-0.3, -0.25) is 9.59 Å². The lowest BCUT2D eigenvalue weighted by Gasteiger charge is -2.19. The Bertz CT molecular complexity index is 310. The topological polar surface area (TPSA) is 96.5 Å². The number of carbonyl (C=O) groups is 3. The van der Waals surface area contributed by atoms with Crippen LogP contribution in [0.3, 0.4) is 0 Å². The molecule has 0 rings (SSSR count). The van der Waals surface area contributed by atoms with Crippen molar-refractivity contribution in [3.05, 3.63) is 0 Å². The van der Waals surface area contributed by atoms with E-state index < -0.39 is 11.7 Å². The van der Waals surface area contributed by atoms with Crippen LogP contribution in [0, 0.1) is 0 Å². The second-order valence-electron chi connectivity index (χ2n) is 4.69. The molecule has 0 aliphatic rings. The monoisotopic (exact) mass is 259 g/mol. The maximum atomic E-state index is 11.3. The van der Waals surface area contributed by atoms with Crippen molar-refractivity contribution >= 4 is 17.9 Å². The van der Waals surface area contributed by atoms with Gasteiger partial charge < -0.3 is 20.7 Å². The highest BCUT2D eigenvalue weighted by Gasteiger charge is 2.16. The highest BCUT2D eigenvalue weighted by Crippen LogP contribution is 2.05. The summed E-state index contributed by atoms with van der Waals surface area (Å²) in [7, 11) is 0. The van der Waals surface area contributed by atoms with Crippen LogP contribution in [-0.2, 0) is 14.3 Å². The summed E-state index contributed by atoms with van der Waals surface area (Å²) >= 11 is 0. The fraction of sp³-hybridized carbons (Fsp3) is 0.727. The zero-order chi connectivity index (χ0) is 14.2. The molecule has 18 heavy (non-hydrogen) atoms. The number of carbonyl (C=O) groups excluding carboxylic acids is 3. The standard InChI is InChI=1S/C11H21N3O4/c1-8(15)12-5-6-13-9(16)7-14-10(17)18-11(2,3)4/h5-7H2,1-4H3,(H,12,15)(H,13,16)(H,14,17). The third-order valence-electron chi connectivity index (χ3n) is 1.61. The molecule has 0 bridgehead atoms. The normalized spacial score (nSPS) is 10.4. The van der Waals surface area contributed by atoms with Crippen molar-refractivity contribution in [3.63, 3.8) is 0 Å². The van der Waals surface area contributed by atoms with Gasteiger partial charge in [0.25, 0.3) is 0 Å². The van der Waals surface area contributed by atoms with Crippen LogP contribution >= 0.6 is 0 Å². The highest BCUT2D eigenvalue weighted by atomic mass is 16.6. The van der Waals surface area contributed by atoms with E-state index in [1.807, 2.05) is 0 Å². The molecule has 0 saturated carbocycles. The Kier molecular flexibility index (Phi) is 6.77. The van der Waals surface area contributed by atoms with Gasteiger partial charge in [0.1, 0.15) is 5.60 Å². The fourth-order valence-electron chi connectivity index (χ4n) is 0.970. The Hall–Kier alpha value is -1.79. The summed E-state index contributed by atoms with van der Waals surface area (Å²) in [6, 6.07) is 0. The van der Waals surface area contributed by atoms with E-state index in [0.29, 0.717) is 13.1 Å². The lowest BCUT2D eigenvalue weighted by atomic mass is 10.2. The Morgan fingerprint density at radius 1 is 1.00 bits per heavy atom. The van der Waals surface area contributed by atoms with Gasteiger partial charge in [-0.25, -0.2) is 4.79 Å². The average molecular weight is 259 g/mol. The van der Waals surface area contributed by atoms with Gasteiger partial charge in [-0.05, 0) is 20.8 Å². The van der Waals surface area contributed by atoms with Gasteiger partial charge in [0.05, 0.1) is 6.54 Å². The predicted molar refractivity (Wildman–Crippen MR) is 65.9 cm³/mol. The molecule has 0 aliphatic carbocycles. The van der Waals surface area contributed by atoms with Crippen molar-refractivity contribution < 1.29 is 19.1 Å². The van der Waals surface area contributed by atoms with Crippen molar-refractivity contribution in [3.8, 4) is 0 Å². The number of hydrogen-bond donors (Lipinski definition) is 3. The molecule has 7 heteroatoms. The van der Waals surface area contributed by atoms with E-state index in [-0.39, 0.29) is 18.4 Å². The first-order valence-electron chi connectivity index (χ1n) is 5.68. The van der Waals surface area contributed by atoms with Crippen LogP contribution in [0.5, 0.6) is 0 Å². The summed E-state index contributed by atoms with van der Waals surface area (Å²) in [4.78, 5) is 33.0. The van der Waals surface area contributed by atoms with E-state index in [9.17, 15) is 14.4 Å². The number of amides is 3. The lowest BCUT2D eigenvalue weighted by molar-refractivity contribution is -0.121. The summed E-state index contributed by atoms with van der Waals surface area (Å²) in [5.74, 6) is -0.498. The van der Waals surface area contributed by atoms with Gasteiger partial charge >= 0.3 is 6.09 Å². The molecular weight excluding hydrogens is 238 g/mol. The first-order chi connectivity index (χ1) is 8.20. The molecule has 0 aromatic carbocycles. The quantitative estimate of drug-likeness (QED) is 0.594. The molecule has 0 atom stereocenters. The van der Waals surface area contributed by atoms with E-state index in [1.54, 1.807) is 20.8 Å². The lowest BCUT2D eigenvalue weighted by Crippen LogP contribution is -2.41. The predicted octanol–water partition coefficient (Wildman–Crippen LogP) is -0.237. The minimum absolute atomic E-state index is 0.156. The Morgan fingerprint density at radius 2 is 1.56 bits per heavy atom. The molecule has 0 heterocycles. The Balaban J connectivity index is 3.64. The fourth-order valence-corrected chi connectivity index (χ4v) is 0.970. The molecule has 0 spiro atoms. The van der Waals surface area contributed by atoms with Crippen LogP contribution < -0.4 is 16.0 Å². The van der Waals surface area contributed by atoms with Crippen molar-refractivity contribution in [1.82, 2.24) is 16.0 Å². The molecule has 0 fully saturated rings. The van der Waals surface area contributed by atoms with E-state index in [1.165, 1.54) is 6.92 Å². The number of alkyl carbamates (subject to hydrolysis) is 1. The van der Waals surface area contributed by atoms with Crippen LogP contribution in [0.4, 0.5) is 4.79 Å². The largest absolute Gasteiger partial charge is 0.444 e. The van der Waals surface area contributed by atoms with Gasteiger partial charge in [0, 0.05) is 20.0 Å². The molecule has 7 nitrogen and oxygen atoms in total. The third-order valence-corrected chi connectivity index (χ3v) is 1.61. The molecule has 3 N–H and O–H groups in total. The number of ether oxygens (including phenoxy) is 1. The van der Waals surface area contributed by atoms with Gasteiger partial charge in [0.15, 0.2) is 0 Å². The van der Waals surface area contributed by atoms with Crippen molar-refractivity contribution in [2.45, 2.75) is 33.3 Å². The van der Waals surface area contributed by atoms with Crippen molar-refractivity contribution in [2.24, 2.45) is 0 Å². The molecule has 3 amide bonds. The Labute approximate surface area is 107 Å². The number of nitrogens with one attached hydrogen (secondary N) is 3. The zero-order valence-electron chi connectivity index (χ0n) is 11.3. The molecule has 0 unspecified atom stereocenters. The highest BCUT2D eigenvalue weighted by molar-refractivity contribution is 5.82. The van der Waals surface area contributed by atoms with Crippen LogP contribution in [0.2, 0.25) is 0 Å². The van der Waals surface area contributed by atoms with Gasteiger partial charge in [-0.15, -0.1) is 0 Å². The summed E-state index contributed by atoms with van der Waals surface area (Å²) < 4.78 is 4.96. The van der Waals surface area contributed by atoms with Crippen LogP contribution in [0.15, 0.2) is 0 Å². The molecule has 104 valence electrons. The Morgan fingerprint density at radius 3 is 2.06 bits per heavy atom. The molecule has 0 aliphatic heterocycles. The molecule has 0 radical (unpaired) electrons. The van der Waals surface area contributed by atoms with Crippen LogP contribution in [0.1, 0.15) is 27.7 Å². The third kappa shape index (κ3) is 10.7. The minimum Gasteiger partial charge on any atom is -0.444 e. The number of rotatable bonds is 5. The maximum absolute atomic E-state index is 11.3. The summed E-state index contributed by atoms with van der Waals surface area (Å²) in [6.45, 7) is 7.11. The van der Waals surface area contributed by atoms with Gasteiger partial charge in [-0.2, -0.15) is 0 Å². The number of hydrogen-bond acceptors (Lipinski definition) is 4. The van der Waals surface area contributed by atoms with Crippen molar-refractivity contribution in [1.29, 1.82) is 0 Å². The first kappa shape index (κ1) is 16.2. The van der Waals surface area contributed by atoms with Crippen molar-refractivity contribution in [2.75, 3.05) is 19.6 Å². The second kappa shape index (κ2) is 7.52. The summed E-state index contributed by atoms with van der Waals surface area (Å²) in [5, 5.41) is 7.39. The van der Waals surface area contributed by atoms with E-state index in [2.05, 4.69) is 16.0 Å². The zero-order valence-corrected chi connectivity index (χ0v) is 11.3. The summed E-state index contributed by atoms with van der Waals surface area (Å²) in [5.41, 5.74) is -0.591. The second-order valence-corrected chi connectivity index (χ2v) is 4.69. The van der Waals surface area contributed by atoms with Crippen LogP contribution in [-0.4, -0.2) is 43.1 Å². The smallest absolute Gasteiger partial charge is 0.408 e. The maximum Gasteiger partial charge on any atom is 0.408 e. The molecule has 0 aromatic rings. The molecular formula is C11H21N3O4. The molecule has 0 saturated heterocycles. The minimum atomic E-state index is -0.639. The van der Waals surface area contributed by atoms with Gasteiger partial charge in [-0.1, -0.05) is 0 Å². The molecule has 0 aromatic heterocycles. The van der Waals surface area contributed by atoms with E-state index in [4.69, 9.17) is 4.74 Å². The van der Waals surface area contributed by atoms with Crippen LogP contribution in [0.25, 0.3) is 0 Å². The average Bonchev–Trinajstić information content (AvgIpc) is 2.19.